The molecule has 0 aromatic rings. The van der Waals surface area contributed by atoms with Crippen LogP contribution >= 0.6 is 0 Å². The smallest absolute Gasteiger partial charge is 0.402 e. The van der Waals surface area contributed by atoms with E-state index < -0.39 is 19.5 Å². The maximum atomic E-state index is 8.45. The highest BCUT2D eigenvalue weighted by Crippen LogP contribution is 1.85. The Morgan fingerprint density at radius 3 is 0.944 bits per heavy atom. The first-order chi connectivity index (χ1) is 8.35. The fourth-order valence-electron chi connectivity index (χ4n) is 0.481. The molecular weight excluding hydrogens is 251 g/mol. The molecule has 2 unspecified atom stereocenters. The molecule has 0 aliphatic carbocycles. The van der Waals surface area contributed by atoms with Crippen LogP contribution in [0.15, 0.2) is 0 Å². The Labute approximate surface area is 105 Å². The highest BCUT2D eigenvalue weighted by Gasteiger charge is 1.97. The highest BCUT2D eigenvalue weighted by atomic mass is 16.5. The molecule has 0 amide bonds. The number of hydrogen-bond acceptors (Lipinski definition) is 9. The van der Waals surface area contributed by atoms with Crippen LogP contribution in [-0.4, -0.2) is 91.7 Å². The second-order valence-electron chi connectivity index (χ2n) is 3.04. The molecule has 9 nitrogen and oxygen atoms in total. The van der Waals surface area contributed by atoms with Gasteiger partial charge in [0.2, 0.25) is 0 Å². The number of aliphatic hydroxyl groups is 6. The van der Waals surface area contributed by atoms with Crippen molar-refractivity contribution in [3.63, 3.8) is 0 Å². The van der Waals surface area contributed by atoms with Crippen molar-refractivity contribution in [1.82, 2.24) is 0 Å². The Balaban J connectivity index is -0.000000196. The van der Waals surface area contributed by atoms with Gasteiger partial charge in [0.15, 0.2) is 0 Å². The molecule has 0 spiro atoms. The van der Waals surface area contributed by atoms with Crippen molar-refractivity contribution in [1.29, 1.82) is 0 Å². The van der Waals surface area contributed by atoms with Crippen molar-refractivity contribution in [3.8, 4) is 0 Å². The minimum atomic E-state index is -2.17. The fourth-order valence-corrected chi connectivity index (χ4v) is 0.481. The van der Waals surface area contributed by atoms with Gasteiger partial charge in [0, 0.05) is 13.2 Å². The Bertz CT molecular complexity index is 123. The van der Waals surface area contributed by atoms with Gasteiger partial charge in [-0.05, 0) is 12.8 Å². The van der Waals surface area contributed by atoms with Crippen molar-refractivity contribution >= 4 is 7.32 Å². The van der Waals surface area contributed by atoms with Gasteiger partial charge in [0.1, 0.15) is 0 Å². The van der Waals surface area contributed by atoms with E-state index >= 15 is 0 Å². The molecule has 9 N–H and O–H groups in total. The SMILES string of the molecule is OB(O)O.OCCC(O)CO.OCCC(O)CO. The Morgan fingerprint density at radius 2 is 0.889 bits per heavy atom. The first kappa shape index (κ1) is 22.8. The van der Waals surface area contributed by atoms with Crippen LogP contribution in [0.3, 0.4) is 0 Å². The van der Waals surface area contributed by atoms with E-state index in [4.69, 9.17) is 45.7 Å². The van der Waals surface area contributed by atoms with Crippen molar-refractivity contribution < 1.29 is 45.7 Å². The lowest BCUT2D eigenvalue weighted by molar-refractivity contribution is 0.0720. The summed E-state index contributed by atoms with van der Waals surface area (Å²) in [6, 6.07) is 0. The van der Waals surface area contributed by atoms with Gasteiger partial charge in [-0.2, -0.15) is 0 Å². The first-order valence-electron chi connectivity index (χ1n) is 5.19. The maximum absolute atomic E-state index is 8.45. The van der Waals surface area contributed by atoms with Crippen molar-refractivity contribution in [2.45, 2.75) is 25.0 Å². The van der Waals surface area contributed by atoms with Crippen LogP contribution in [0.4, 0.5) is 0 Å². The summed E-state index contributed by atoms with van der Waals surface area (Å²) < 4.78 is 0. The van der Waals surface area contributed by atoms with Gasteiger partial charge >= 0.3 is 7.32 Å². The third-order valence-corrected chi connectivity index (χ3v) is 1.35. The molecule has 0 heterocycles. The topological polar surface area (TPSA) is 182 Å². The molecule has 0 aliphatic rings. The number of rotatable bonds is 6. The van der Waals surface area contributed by atoms with E-state index in [0.717, 1.165) is 0 Å². The maximum Gasteiger partial charge on any atom is 0.631 e. The normalized spacial score (nSPS) is 12.5. The second kappa shape index (κ2) is 19.1. The van der Waals surface area contributed by atoms with Crippen molar-refractivity contribution in [2.24, 2.45) is 0 Å². The van der Waals surface area contributed by atoms with Crippen molar-refractivity contribution in [3.05, 3.63) is 0 Å². The van der Waals surface area contributed by atoms with Gasteiger partial charge in [-0.3, -0.25) is 0 Å². The molecule has 0 fully saturated rings. The van der Waals surface area contributed by atoms with Crippen LogP contribution in [0.1, 0.15) is 12.8 Å². The summed E-state index contributed by atoms with van der Waals surface area (Å²) in [6.45, 7) is -0.662. The molecule has 0 aromatic carbocycles. The van der Waals surface area contributed by atoms with E-state index in [2.05, 4.69) is 0 Å². The van der Waals surface area contributed by atoms with Crippen molar-refractivity contribution in [2.75, 3.05) is 26.4 Å². The van der Waals surface area contributed by atoms with Gasteiger partial charge < -0.3 is 45.7 Å². The zero-order valence-electron chi connectivity index (χ0n) is 10.00. The lowest BCUT2D eigenvalue weighted by atomic mass is 10.3. The summed E-state index contributed by atoms with van der Waals surface area (Å²) in [5.41, 5.74) is 0. The zero-order valence-corrected chi connectivity index (χ0v) is 10.00. The summed E-state index contributed by atoms with van der Waals surface area (Å²) in [6.07, 6.45) is -0.970. The zero-order chi connectivity index (χ0) is 15.0. The molecule has 10 heteroatoms. The molecule has 18 heavy (non-hydrogen) atoms. The molecule has 0 bridgehead atoms. The van der Waals surface area contributed by atoms with Crippen LogP contribution < -0.4 is 0 Å². The van der Waals surface area contributed by atoms with E-state index in [9.17, 15) is 0 Å². The average molecular weight is 274 g/mol. The first-order valence-corrected chi connectivity index (χ1v) is 5.19. The summed E-state index contributed by atoms with van der Waals surface area (Å²) in [4.78, 5) is 0. The highest BCUT2D eigenvalue weighted by molar-refractivity contribution is 6.30. The van der Waals surface area contributed by atoms with Crippen LogP contribution in [0.25, 0.3) is 0 Å². The molecule has 0 aliphatic heterocycles. The van der Waals surface area contributed by atoms with E-state index in [1.54, 1.807) is 0 Å². The summed E-state index contributed by atoms with van der Waals surface area (Å²) >= 11 is 0. The summed E-state index contributed by atoms with van der Waals surface area (Å²) in [5.74, 6) is 0. The molecule has 0 saturated carbocycles. The molecule has 112 valence electrons. The quantitative estimate of drug-likeness (QED) is 0.215. The molecule has 0 rings (SSSR count). The fraction of sp³-hybridized carbons (Fsp3) is 1.00. The van der Waals surface area contributed by atoms with Crippen LogP contribution in [0.5, 0.6) is 0 Å². The molecular formula is C8H23BO9. The van der Waals surface area contributed by atoms with Gasteiger partial charge in [0.05, 0.1) is 25.4 Å². The van der Waals surface area contributed by atoms with Crippen LogP contribution in [-0.2, 0) is 0 Å². The van der Waals surface area contributed by atoms with Crippen LogP contribution in [0, 0.1) is 0 Å². The van der Waals surface area contributed by atoms with Gasteiger partial charge in [-0.15, -0.1) is 0 Å². The number of hydrogen-bond donors (Lipinski definition) is 9. The van der Waals surface area contributed by atoms with E-state index in [-0.39, 0.29) is 39.3 Å². The minimum absolute atomic E-state index is 0.0677. The Hall–Kier alpha value is -0.295. The van der Waals surface area contributed by atoms with E-state index in [1.807, 2.05) is 0 Å². The van der Waals surface area contributed by atoms with Gasteiger partial charge in [-0.25, -0.2) is 0 Å². The van der Waals surface area contributed by atoms with Crippen LogP contribution in [0.2, 0.25) is 0 Å². The lowest BCUT2D eigenvalue weighted by Crippen LogP contribution is -2.12. The number of aliphatic hydroxyl groups excluding tert-OH is 6. The monoisotopic (exact) mass is 274 g/mol. The molecule has 0 saturated heterocycles. The molecule has 2 atom stereocenters. The standard InChI is InChI=1S/2C4H10O3.BH3O3/c2*5-2-1-4(7)3-6;2-1(3)4/h2*4-7H,1-3H2;2-4H. The predicted octanol–water partition coefficient (Wildman–Crippen LogP) is -4.61. The molecule has 0 radical (unpaired) electrons. The third kappa shape index (κ3) is 36.1. The largest absolute Gasteiger partial charge is 0.631 e. The third-order valence-electron chi connectivity index (χ3n) is 1.35. The summed E-state index contributed by atoms with van der Waals surface area (Å²) in [7, 11) is -2.17. The van der Waals surface area contributed by atoms with Gasteiger partial charge in [0.25, 0.3) is 0 Å². The molecule has 0 aromatic heterocycles. The Kier molecular flexibility index (Phi) is 24.2. The lowest BCUT2D eigenvalue weighted by Gasteiger charge is -2.00. The predicted molar refractivity (Wildman–Crippen MR) is 62.0 cm³/mol. The van der Waals surface area contributed by atoms with Gasteiger partial charge in [-0.1, -0.05) is 0 Å². The Morgan fingerprint density at radius 1 is 0.667 bits per heavy atom. The summed E-state index contributed by atoms with van der Waals surface area (Å²) in [5, 5.41) is 70.8. The van der Waals surface area contributed by atoms with E-state index in [1.165, 1.54) is 0 Å². The average Bonchev–Trinajstić information content (AvgIpc) is 2.29. The minimum Gasteiger partial charge on any atom is -0.402 e. The van der Waals surface area contributed by atoms with E-state index in [0.29, 0.717) is 0 Å². The second-order valence-corrected chi connectivity index (χ2v) is 3.04.